The fourth-order valence-electron chi connectivity index (χ4n) is 3.13. The summed E-state index contributed by atoms with van der Waals surface area (Å²) >= 11 is 0. The van der Waals surface area contributed by atoms with Crippen LogP contribution in [0.1, 0.15) is 37.0 Å². The summed E-state index contributed by atoms with van der Waals surface area (Å²) < 4.78 is 5.71. The Kier molecular flexibility index (Phi) is 3.54. The zero-order valence-electron chi connectivity index (χ0n) is 12.2. The van der Waals surface area contributed by atoms with E-state index >= 15 is 0 Å². The first kappa shape index (κ1) is 12.9. The highest BCUT2D eigenvalue weighted by Crippen LogP contribution is 2.28. The third kappa shape index (κ3) is 3.08. The Morgan fingerprint density at radius 1 is 1.10 bits per heavy atom. The molecule has 1 N–H and O–H groups in total. The number of rotatable bonds is 6. The van der Waals surface area contributed by atoms with Gasteiger partial charge in [0.15, 0.2) is 0 Å². The van der Waals surface area contributed by atoms with E-state index in [1.54, 1.807) is 0 Å². The molecule has 0 aromatic carbocycles. The molecule has 1 aromatic heterocycles. The van der Waals surface area contributed by atoms with Gasteiger partial charge in [0, 0.05) is 50.4 Å². The van der Waals surface area contributed by atoms with Gasteiger partial charge < -0.3 is 9.73 Å². The molecule has 0 unspecified atom stereocenters. The summed E-state index contributed by atoms with van der Waals surface area (Å²) in [4.78, 5) is 5.20. The number of nitrogens with zero attached hydrogens (tertiary/aromatic N) is 2. The minimum atomic E-state index is 0.764. The molecule has 0 bridgehead atoms. The first-order valence-corrected chi connectivity index (χ1v) is 8.13. The highest BCUT2D eigenvalue weighted by atomic mass is 16.3. The summed E-state index contributed by atoms with van der Waals surface area (Å²) in [5.41, 5.74) is 1.35. The second-order valence-corrected chi connectivity index (χ2v) is 6.57. The minimum Gasteiger partial charge on any atom is -0.468 e. The van der Waals surface area contributed by atoms with Crippen LogP contribution in [0.4, 0.5) is 0 Å². The largest absolute Gasteiger partial charge is 0.468 e. The Balaban J connectivity index is 1.28. The van der Waals surface area contributed by atoms with Crippen LogP contribution in [0.2, 0.25) is 0 Å². The fourth-order valence-corrected chi connectivity index (χ4v) is 3.13. The number of furan rings is 1. The Morgan fingerprint density at radius 2 is 1.90 bits per heavy atom. The van der Waals surface area contributed by atoms with Crippen LogP contribution in [0.25, 0.3) is 0 Å². The van der Waals surface area contributed by atoms with Crippen molar-refractivity contribution in [3.8, 4) is 0 Å². The predicted molar refractivity (Wildman–Crippen MR) is 78.4 cm³/mol. The van der Waals surface area contributed by atoms with E-state index in [-0.39, 0.29) is 0 Å². The number of hydrogen-bond acceptors (Lipinski definition) is 4. The van der Waals surface area contributed by atoms with Crippen molar-refractivity contribution < 1.29 is 4.42 Å². The molecule has 4 rings (SSSR count). The van der Waals surface area contributed by atoms with Crippen molar-refractivity contribution in [2.45, 2.75) is 50.9 Å². The maximum Gasteiger partial charge on any atom is 0.122 e. The van der Waals surface area contributed by atoms with Crippen molar-refractivity contribution >= 4 is 0 Å². The Hall–Kier alpha value is -0.840. The van der Waals surface area contributed by atoms with Gasteiger partial charge in [-0.3, -0.25) is 9.80 Å². The van der Waals surface area contributed by atoms with Crippen LogP contribution in [-0.4, -0.2) is 48.1 Å². The van der Waals surface area contributed by atoms with Crippen molar-refractivity contribution in [1.29, 1.82) is 0 Å². The van der Waals surface area contributed by atoms with Crippen LogP contribution in [0.3, 0.4) is 0 Å². The molecule has 4 nitrogen and oxygen atoms in total. The van der Waals surface area contributed by atoms with E-state index in [0.717, 1.165) is 30.9 Å². The molecule has 3 aliphatic rings. The Bertz CT molecular complexity index is 442. The van der Waals surface area contributed by atoms with E-state index in [2.05, 4.69) is 21.2 Å². The monoisotopic (exact) mass is 275 g/mol. The van der Waals surface area contributed by atoms with Gasteiger partial charge in [0.1, 0.15) is 5.76 Å². The Morgan fingerprint density at radius 3 is 2.60 bits per heavy atom. The molecule has 4 heteroatoms. The van der Waals surface area contributed by atoms with E-state index in [1.807, 2.05) is 6.26 Å². The second kappa shape index (κ2) is 5.51. The Labute approximate surface area is 121 Å². The molecule has 3 fully saturated rings. The van der Waals surface area contributed by atoms with Crippen molar-refractivity contribution in [2.75, 3.05) is 26.2 Å². The highest BCUT2D eigenvalue weighted by molar-refractivity contribution is 5.17. The first-order valence-electron chi connectivity index (χ1n) is 8.13. The summed E-state index contributed by atoms with van der Waals surface area (Å²) in [7, 11) is 0. The quantitative estimate of drug-likeness (QED) is 0.858. The van der Waals surface area contributed by atoms with Gasteiger partial charge in [-0.15, -0.1) is 0 Å². The lowest BCUT2D eigenvalue weighted by Crippen LogP contribution is -2.46. The molecule has 2 saturated carbocycles. The van der Waals surface area contributed by atoms with Crippen molar-refractivity contribution in [1.82, 2.24) is 15.1 Å². The summed E-state index contributed by atoms with van der Waals surface area (Å²) in [6.07, 6.45) is 7.39. The molecule has 110 valence electrons. The van der Waals surface area contributed by atoms with E-state index in [1.165, 1.54) is 57.4 Å². The molecule has 2 heterocycles. The molecule has 1 aliphatic heterocycles. The minimum absolute atomic E-state index is 0.764. The molecule has 0 spiro atoms. The number of hydrogen-bond donors (Lipinski definition) is 1. The SMILES string of the molecule is c1cc(CNC2CC2)c(CN2CCN(C3CC3)CC2)o1. The van der Waals surface area contributed by atoms with Crippen LogP contribution < -0.4 is 5.32 Å². The topological polar surface area (TPSA) is 31.6 Å². The summed E-state index contributed by atoms with van der Waals surface area (Å²) in [6, 6.07) is 3.81. The molecule has 0 radical (unpaired) electrons. The zero-order chi connectivity index (χ0) is 13.4. The van der Waals surface area contributed by atoms with Gasteiger partial charge in [-0.2, -0.15) is 0 Å². The standard InChI is InChI=1S/C16H25N3O/c1-2-14(1)17-11-13-5-10-20-16(13)12-18-6-8-19(9-7-18)15-3-4-15/h5,10,14-15,17H,1-4,6-9,11-12H2. The smallest absolute Gasteiger partial charge is 0.122 e. The molecule has 2 aliphatic carbocycles. The molecular weight excluding hydrogens is 250 g/mol. The normalized spacial score (nSPS) is 25.2. The number of nitrogens with one attached hydrogen (secondary N) is 1. The lowest BCUT2D eigenvalue weighted by Gasteiger charge is -2.34. The fraction of sp³-hybridized carbons (Fsp3) is 0.750. The van der Waals surface area contributed by atoms with Crippen molar-refractivity contribution in [3.63, 3.8) is 0 Å². The van der Waals surface area contributed by atoms with Gasteiger partial charge in [0.2, 0.25) is 0 Å². The van der Waals surface area contributed by atoms with E-state index in [4.69, 9.17) is 4.42 Å². The lowest BCUT2D eigenvalue weighted by atomic mass is 10.2. The molecule has 1 aromatic rings. The van der Waals surface area contributed by atoms with Crippen molar-refractivity contribution in [3.05, 3.63) is 23.7 Å². The van der Waals surface area contributed by atoms with Crippen LogP contribution in [0.15, 0.2) is 16.7 Å². The van der Waals surface area contributed by atoms with Gasteiger partial charge >= 0.3 is 0 Å². The van der Waals surface area contributed by atoms with Gasteiger partial charge in [-0.1, -0.05) is 0 Å². The maximum atomic E-state index is 5.71. The first-order chi connectivity index (χ1) is 9.88. The summed E-state index contributed by atoms with van der Waals surface area (Å²) in [5.74, 6) is 1.16. The maximum absolute atomic E-state index is 5.71. The van der Waals surface area contributed by atoms with E-state index in [9.17, 15) is 0 Å². The molecule has 0 atom stereocenters. The average Bonchev–Trinajstić information content (AvgIpc) is 3.38. The van der Waals surface area contributed by atoms with Gasteiger partial charge in [0.25, 0.3) is 0 Å². The third-order valence-corrected chi connectivity index (χ3v) is 4.83. The molecule has 20 heavy (non-hydrogen) atoms. The van der Waals surface area contributed by atoms with Crippen molar-refractivity contribution in [2.24, 2.45) is 0 Å². The second-order valence-electron chi connectivity index (χ2n) is 6.57. The predicted octanol–water partition coefficient (Wildman–Crippen LogP) is 1.81. The van der Waals surface area contributed by atoms with Gasteiger partial charge in [-0.05, 0) is 31.7 Å². The molecular formula is C16H25N3O. The van der Waals surface area contributed by atoms with E-state index in [0.29, 0.717) is 0 Å². The van der Waals surface area contributed by atoms with Crippen LogP contribution in [0, 0.1) is 0 Å². The molecule has 0 amide bonds. The average molecular weight is 275 g/mol. The summed E-state index contributed by atoms with van der Waals surface area (Å²) in [6.45, 7) is 6.80. The zero-order valence-corrected chi connectivity index (χ0v) is 12.2. The van der Waals surface area contributed by atoms with Crippen LogP contribution in [-0.2, 0) is 13.1 Å². The summed E-state index contributed by atoms with van der Waals surface area (Å²) in [5, 5.41) is 3.58. The third-order valence-electron chi connectivity index (χ3n) is 4.83. The molecule has 1 saturated heterocycles. The lowest BCUT2D eigenvalue weighted by molar-refractivity contribution is 0.115. The highest BCUT2D eigenvalue weighted by Gasteiger charge is 2.31. The van der Waals surface area contributed by atoms with Crippen LogP contribution >= 0.6 is 0 Å². The number of piperazine rings is 1. The van der Waals surface area contributed by atoms with Crippen LogP contribution in [0.5, 0.6) is 0 Å². The van der Waals surface area contributed by atoms with Gasteiger partial charge in [-0.25, -0.2) is 0 Å². The van der Waals surface area contributed by atoms with Gasteiger partial charge in [0.05, 0.1) is 12.8 Å². The van der Waals surface area contributed by atoms with E-state index < -0.39 is 0 Å².